The van der Waals surface area contributed by atoms with Crippen molar-refractivity contribution in [3.05, 3.63) is 72.1 Å². The third-order valence-electron chi connectivity index (χ3n) is 6.34. The van der Waals surface area contributed by atoms with Crippen LogP contribution in [0.15, 0.2) is 60.7 Å². The molecule has 0 aliphatic carbocycles. The van der Waals surface area contributed by atoms with E-state index in [1.807, 2.05) is 86.0 Å². The van der Waals surface area contributed by atoms with E-state index in [0.717, 1.165) is 33.5 Å². The summed E-state index contributed by atoms with van der Waals surface area (Å²) in [7, 11) is 1.88. The molecule has 9 nitrogen and oxygen atoms in total. The van der Waals surface area contributed by atoms with E-state index >= 15 is 0 Å². The molecule has 2 unspecified atom stereocenters. The number of hydrogen-bond acceptors (Lipinski definition) is 6. The summed E-state index contributed by atoms with van der Waals surface area (Å²) in [6.45, 7) is 3.96. The Morgan fingerprint density at radius 1 is 1.11 bits per heavy atom. The normalized spacial score (nSPS) is 15.6. The lowest BCUT2D eigenvalue weighted by molar-refractivity contribution is 0.102. The number of ether oxygens (including phenoxy) is 1. The van der Waals surface area contributed by atoms with E-state index in [9.17, 15) is 4.79 Å². The highest BCUT2D eigenvalue weighted by Gasteiger charge is 2.25. The minimum Gasteiger partial charge on any atom is -0.452 e. The third-order valence-corrected chi connectivity index (χ3v) is 6.34. The number of rotatable bonds is 4. The van der Waals surface area contributed by atoms with Crippen LogP contribution in [-0.4, -0.2) is 44.6 Å². The summed E-state index contributed by atoms with van der Waals surface area (Å²) in [6, 6.07) is 19.3. The standard InChI is InChI=1S/C26H25N7O2/c1-14(27-3)25-32-22-13-17(20-9-6-10-23-28-15(2)26(35-25)33(20)23)12-21(30-22)31-24(34)19-11-16-7-4-5-8-18(16)29-19/h4-14,25,27,29H,1-3H3,(H2,30,31,32,34). The second kappa shape index (κ2) is 8.14. The summed E-state index contributed by atoms with van der Waals surface area (Å²) < 4.78 is 8.44. The molecule has 0 fully saturated rings. The number of hydrogen-bond donors (Lipinski definition) is 4. The van der Waals surface area contributed by atoms with Crippen LogP contribution in [0.1, 0.15) is 23.1 Å². The first-order chi connectivity index (χ1) is 17.0. The van der Waals surface area contributed by atoms with Crippen molar-refractivity contribution in [1.29, 1.82) is 0 Å². The summed E-state index contributed by atoms with van der Waals surface area (Å²) in [4.78, 5) is 25.6. The van der Waals surface area contributed by atoms with Crippen LogP contribution >= 0.6 is 0 Å². The number of H-pyrrole nitrogens is 1. The quantitative estimate of drug-likeness (QED) is 0.316. The number of para-hydroxylation sites is 1. The minimum absolute atomic E-state index is 0.0416. The van der Waals surface area contributed by atoms with Gasteiger partial charge in [-0.1, -0.05) is 24.3 Å². The van der Waals surface area contributed by atoms with E-state index in [1.165, 1.54) is 0 Å². The molecule has 2 bridgehead atoms. The summed E-state index contributed by atoms with van der Waals surface area (Å²) >= 11 is 0. The Bertz CT molecular complexity index is 1550. The fraction of sp³-hybridized carbons (Fsp3) is 0.192. The van der Waals surface area contributed by atoms with Gasteiger partial charge in [0.15, 0.2) is 6.23 Å². The van der Waals surface area contributed by atoms with Crippen LogP contribution in [0.4, 0.5) is 11.6 Å². The largest absolute Gasteiger partial charge is 0.452 e. The first kappa shape index (κ1) is 21.2. The summed E-state index contributed by atoms with van der Waals surface area (Å²) in [5, 5.41) is 10.6. The van der Waals surface area contributed by atoms with Gasteiger partial charge in [-0.3, -0.25) is 9.20 Å². The zero-order valence-corrected chi connectivity index (χ0v) is 19.6. The van der Waals surface area contributed by atoms with Crippen molar-refractivity contribution >= 4 is 34.1 Å². The van der Waals surface area contributed by atoms with Gasteiger partial charge in [-0.2, -0.15) is 0 Å². The monoisotopic (exact) mass is 467 g/mol. The van der Waals surface area contributed by atoms with Crippen LogP contribution in [0.2, 0.25) is 0 Å². The number of benzene rings is 1. The SMILES string of the molecule is CNC(C)C1Nc2cc(cc(NC(=O)c3cc4ccccc4[nH]3)n2)-c2cccc3nc(C)c(n23)O1. The van der Waals surface area contributed by atoms with Gasteiger partial charge in [0.2, 0.25) is 5.88 Å². The number of nitrogens with one attached hydrogen (secondary N) is 4. The first-order valence-electron chi connectivity index (χ1n) is 11.5. The van der Waals surface area contributed by atoms with Crippen molar-refractivity contribution in [3.63, 3.8) is 0 Å². The number of amides is 1. The average Bonchev–Trinajstić information content (AvgIpc) is 3.44. The van der Waals surface area contributed by atoms with Crippen LogP contribution in [0.3, 0.4) is 0 Å². The Morgan fingerprint density at radius 2 is 1.97 bits per heavy atom. The van der Waals surface area contributed by atoms with E-state index in [1.54, 1.807) is 0 Å². The van der Waals surface area contributed by atoms with Crippen LogP contribution in [0.5, 0.6) is 5.88 Å². The molecule has 1 amide bonds. The van der Waals surface area contributed by atoms with Gasteiger partial charge < -0.3 is 25.7 Å². The second-order valence-corrected chi connectivity index (χ2v) is 8.72. The van der Waals surface area contributed by atoms with Crippen molar-refractivity contribution < 1.29 is 9.53 Å². The van der Waals surface area contributed by atoms with E-state index in [2.05, 4.69) is 30.9 Å². The molecule has 4 aromatic heterocycles. The number of carbonyl (C=O) groups is 1. The number of pyridine rings is 2. The lowest BCUT2D eigenvalue weighted by Crippen LogP contribution is -2.44. The molecule has 5 heterocycles. The maximum atomic E-state index is 13.1. The Labute approximate surface area is 201 Å². The highest BCUT2D eigenvalue weighted by atomic mass is 16.5. The van der Waals surface area contributed by atoms with Gasteiger partial charge in [0.25, 0.3) is 5.91 Å². The molecular formula is C26H25N7O2. The van der Waals surface area contributed by atoms with Gasteiger partial charge in [0.1, 0.15) is 28.7 Å². The predicted molar refractivity (Wildman–Crippen MR) is 136 cm³/mol. The van der Waals surface area contributed by atoms with Crippen molar-refractivity contribution in [3.8, 4) is 17.1 Å². The zero-order valence-electron chi connectivity index (χ0n) is 19.6. The lowest BCUT2D eigenvalue weighted by Gasteiger charge is -2.25. The molecule has 2 atom stereocenters. The summed E-state index contributed by atoms with van der Waals surface area (Å²) in [6.07, 6.45) is -0.426. The molecule has 35 heavy (non-hydrogen) atoms. The number of aromatic nitrogens is 4. The molecule has 0 radical (unpaired) electrons. The number of fused-ring (bicyclic) bond motifs is 4. The molecule has 0 saturated carbocycles. The van der Waals surface area contributed by atoms with Crippen LogP contribution in [0, 0.1) is 6.92 Å². The van der Waals surface area contributed by atoms with Gasteiger partial charge in [-0.15, -0.1) is 0 Å². The minimum atomic E-state index is -0.426. The molecule has 5 aromatic rings. The Hall–Kier alpha value is -4.37. The molecule has 4 N–H and O–H groups in total. The van der Waals surface area contributed by atoms with Crippen LogP contribution < -0.4 is 20.7 Å². The number of anilines is 2. The number of nitrogens with zero attached hydrogens (tertiary/aromatic N) is 3. The molecular weight excluding hydrogens is 442 g/mol. The van der Waals surface area contributed by atoms with Crippen molar-refractivity contribution in [2.24, 2.45) is 0 Å². The van der Waals surface area contributed by atoms with E-state index in [0.29, 0.717) is 23.2 Å². The Morgan fingerprint density at radius 3 is 2.80 bits per heavy atom. The van der Waals surface area contributed by atoms with E-state index in [4.69, 9.17) is 4.74 Å². The highest BCUT2D eigenvalue weighted by molar-refractivity contribution is 6.05. The molecule has 0 saturated heterocycles. The van der Waals surface area contributed by atoms with Gasteiger partial charge in [-0.25, -0.2) is 9.97 Å². The number of carbonyl (C=O) groups excluding carboxylic acids is 1. The Kier molecular flexibility index (Phi) is 4.93. The fourth-order valence-corrected chi connectivity index (χ4v) is 4.41. The highest BCUT2D eigenvalue weighted by Crippen LogP contribution is 2.33. The van der Waals surface area contributed by atoms with E-state index < -0.39 is 6.23 Å². The molecule has 1 aliphatic rings. The average molecular weight is 468 g/mol. The van der Waals surface area contributed by atoms with Gasteiger partial charge >= 0.3 is 0 Å². The van der Waals surface area contributed by atoms with Crippen molar-refractivity contribution in [2.75, 3.05) is 17.7 Å². The first-order valence-corrected chi connectivity index (χ1v) is 11.5. The fourth-order valence-electron chi connectivity index (χ4n) is 4.41. The molecule has 0 spiro atoms. The maximum absolute atomic E-state index is 13.1. The molecule has 1 aromatic carbocycles. The number of imidazole rings is 1. The summed E-state index contributed by atoms with van der Waals surface area (Å²) in [5.74, 6) is 1.43. The van der Waals surface area contributed by atoms with Crippen LogP contribution in [0.25, 0.3) is 27.8 Å². The van der Waals surface area contributed by atoms with Crippen molar-refractivity contribution in [1.82, 2.24) is 24.7 Å². The molecule has 176 valence electrons. The molecule has 1 aliphatic heterocycles. The van der Waals surface area contributed by atoms with Gasteiger partial charge in [0.05, 0.1) is 11.7 Å². The van der Waals surface area contributed by atoms with Gasteiger partial charge in [-0.05, 0) is 57.3 Å². The van der Waals surface area contributed by atoms with Crippen molar-refractivity contribution in [2.45, 2.75) is 26.1 Å². The predicted octanol–water partition coefficient (Wildman–Crippen LogP) is 4.18. The van der Waals surface area contributed by atoms with E-state index in [-0.39, 0.29) is 11.9 Å². The Balaban J connectivity index is 1.46. The third kappa shape index (κ3) is 3.66. The topological polar surface area (TPSA) is 108 Å². The van der Waals surface area contributed by atoms with Crippen LogP contribution in [-0.2, 0) is 0 Å². The number of likely N-dealkylation sites (N-methyl/N-ethyl adjacent to an activating group) is 1. The molecule has 9 heteroatoms. The summed E-state index contributed by atoms with van der Waals surface area (Å²) in [5.41, 5.74) is 4.72. The lowest BCUT2D eigenvalue weighted by atomic mass is 10.1. The number of aryl methyl sites for hydroxylation is 1. The zero-order chi connectivity index (χ0) is 24.1. The molecule has 6 rings (SSSR count). The smallest absolute Gasteiger partial charge is 0.273 e. The maximum Gasteiger partial charge on any atom is 0.273 e. The second-order valence-electron chi connectivity index (χ2n) is 8.72. The van der Waals surface area contributed by atoms with Gasteiger partial charge in [0, 0.05) is 16.5 Å². The number of aromatic amines is 1.